The molecule has 0 atom stereocenters. The van der Waals surface area contributed by atoms with Crippen LogP contribution in [0.25, 0.3) is 10.2 Å². The number of carbonyl (C=O) groups excluding carboxylic acids is 2. The van der Waals surface area contributed by atoms with Gasteiger partial charge in [-0.3, -0.25) is 4.79 Å². The summed E-state index contributed by atoms with van der Waals surface area (Å²) >= 11 is 0.852. The summed E-state index contributed by atoms with van der Waals surface area (Å²) in [6, 6.07) is 1.03. The molecule has 0 unspecified atom stereocenters. The van der Waals surface area contributed by atoms with Crippen molar-refractivity contribution in [3.05, 3.63) is 22.6 Å². The number of fused-ring (bicyclic) bond motifs is 1. The minimum absolute atomic E-state index is 0.0390. The summed E-state index contributed by atoms with van der Waals surface area (Å²) < 4.78 is 46.4. The summed E-state index contributed by atoms with van der Waals surface area (Å²) in [7, 11) is 1.42. The van der Waals surface area contributed by atoms with Gasteiger partial charge in [-0.2, -0.15) is 13.2 Å². The van der Waals surface area contributed by atoms with Crippen LogP contribution < -0.4 is 15.5 Å². The second-order valence-electron chi connectivity index (χ2n) is 8.40. The Bertz CT molecular complexity index is 976. The van der Waals surface area contributed by atoms with Crippen molar-refractivity contribution in [2.24, 2.45) is 0 Å². The summed E-state index contributed by atoms with van der Waals surface area (Å²) in [6.45, 7) is 6.28. The molecule has 0 radical (unpaired) electrons. The van der Waals surface area contributed by atoms with E-state index in [0.29, 0.717) is 25.9 Å². The molecule has 1 aliphatic heterocycles. The van der Waals surface area contributed by atoms with Gasteiger partial charge < -0.3 is 20.3 Å². The van der Waals surface area contributed by atoms with Gasteiger partial charge in [0.25, 0.3) is 5.91 Å². The minimum Gasteiger partial charge on any atom is -0.446 e. The molecule has 11 heteroatoms. The van der Waals surface area contributed by atoms with Gasteiger partial charge in [0.1, 0.15) is 11.9 Å². The molecule has 2 aromatic rings. The summed E-state index contributed by atoms with van der Waals surface area (Å²) in [5.74, 6) is -0.332. The lowest BCUT2D eigenvalue weighted by Gasteiger charge is -2.33. The number of pyridine rings is 1. The summed E-state index contributed by atoms with van der Waals surface area (Å²) in [6.07, 6.45) is -4.49. The Morgan fingerprint density at radius 3 is 2.42 bits per heavy atom. The highest BCUT2D eigenvalue weighted by Gasteiger charge is 2.36. The number of amides is 2. The smallest absolute Gasteiger partial charge is 0.417 e. The van der Waals surface area contributed by atoms with E-state index < -0.39 is 29.3 Å². The average molecular weight is 459 g/mol. The van der Waals surface area contributed by atoms with Gasteiger partial charge in [0.15, 0.2) is 0 Å². The molecule has 1 saturated heterocycles. The second-order valence-corrected chi connectivity index (χ2v) is 9.28. The van der Waals surface area contributed by atoms with Crippen LogP contribution in [0.4, 0.5) is 23.8 Å². The molecule has 2 amide bonds. The molecule has 1 aliphatic rings. The van der Waals surface area contributed by atoms with Crippen LogP contribution in [0.2, 0.25) is 0 Å². The van der Waals surface area contributed by atoms with Crippen LogP contribution >= 0.6 is 11.3 Å². The van der Waals surface area contributed by atoms with Gasteiger partial charge in [-0.05, 0) is 26.8 Å². The average Bonchev–Trinajstić information content (AvgIpc) is 3.08. The number of hydrogen-bond donors (Lipinski definition) is 2. The molecule has 1 fully saturated rings. The maximum absolute atomic E-state index is 13.7. The largest absolute Gasteiger partial charge is 0.446 e. The van der Waals surface area contributed by atoms with Gasteiger partial charge in [-0.15, -0.1) is 11.3 Å². The normalized spacial score (nSPS) is 15.8. The monoisotopic (exact) mass is 458 g/mol. The molecule has 170 valence electrons. The lowest BCUT2D eigenvalue weighted by molar-refractivity contribution is -0.136. The van der Waals surface area contributed by atoms with Gasteiger partial charge in [-0.1, -0.05) is 0 Å². The molecule has 2 N–H and O–H groups in total. The topological polar surface area (TPSA) is 83.6 Å². The molecule has 0 saturated carbocycles. The predicted octanol–water partition coefficient (Wildman–Crippen LogP) is 4.17. The fourth-order valence-corrected chi connectivity index (χ4v) is 4.38. The molecule has 2 aromatic heterocycles. The van der Waals surface area contributed by atoms with Crippen molar-refractivity contribution in [3.8, 4) is 0 Å². The number of rotatable bonds is 3. The first-order chi connectivity index (χ1) is 14.4. The third kappa shape index (κ3) is 5.38. The van der Waals surface area contributed by atoms with Crippen LogP contribution in [0.5, 0.6) is 0 Å². The van der Waals surface area contributed by atoms with E-state index in [1.165, 1.54) is 12.4 Å². The zero-order valence-corrected chi connectivity index (χ0v) is 18.5. The van der Waals surface area contributed by atoms with Crippen molar-refractivity contribution in [1.82, 2.24) is 15.6 Å². The van der Waals surface area contributed by atoms with Crippen molar-refractivity contribution in [1.29, 1.82) is 0 Å². The van der Waals surface area contributed by atoms with Crippen LogP contribution in [0.3, 0.4) is 0 Å². The molecule has 7 nitrogen and oxygen atoms in total. The quantitative estimate of drug-likeness (QED) is 0.722. The zero-order valence-electron chi connectivity index (χ0n) is 17.7. The molecule has 0 aliphatic carbocycles. The van der Waals surface area contributed by atoms with Gasteiger partial charge in [0, 0.05) is 43.9 Å². The maximum atomic E-state index is 13.7. The molecule has 0 bridgehead atoms. The summed E-state index contributed by atoms with van der Waals surface area (Å²) in [5, 5.41) is 6.55. The molecular formula is C20H25F3N4O3S. The van der Waals surface area contributed by atoms with E-state index in [1.807, 2.05) is 20.8 Å². The number of alkyl halides is 3. The number of halogens is 3. The number of nitrogens with zero attached hydrogens (tertiary/aromatic N) is 2. The van der Waals surface area contributed by atoms with E-state index in [0.717, 1.165) is 17.4 Å². The Morgan fingerprint density at radius 1 is 1.23 bits per heavy atom. The molecular weight excluding hydrogens is 433 g/mol. The lowest BCUT2D eigenvalue weighted by Crippen LogP contribution is -2.44. The standard InChI is InChI=1S/C20H25F3N4O3S/c1-19(2,3)26-18(29)30-11-5-7-27(8-6-11)14-9-13(20(21,22)23)16-15(25-14)12(10-31-16)17(28)24-4/h9-11H,5-8H2,1-4H3,(H,24,28)(H,26,29). The van der Waals surface area contributed by atoms with E-state index in [2.05, 4.69) is 15.6 Å². The Morgan fingerprint density at radius 2 is 1.87 bits per heavy atom. The number of anilines is 1. The van der Waals surface area contributed by atoms with E-state index in [1.54, 1.807) is 4.90 Å². The number of hydrogen-bond acceptors (Lipinski definition) is 6. The molecule has 3 heterocycles. The summed E-state index contributed by atoms with van der Waals surface area (Å²) in [5.41, 5.74) is -1.08. The van der Waals surface area contributed by atoms with Crippen LogP contribution in [0, 0.1) is 0 Å². The van der Waals surface area contributed by atoms with Crippen molar-refractivity contribution in [3.63, 3.8) is 0 Å². The number of carbonyl (C=O) groups is 2. The van der Waals surface area contributed by atoms with Crippen molar-refractivity contribution in [2.45, 2.75) is 51.4 Å². The first kappa shape index (κ1) is 23.1. The Labute approximate surface area is 182 Å². The van der Waals surface area contributed by atoms with Crippen molar-refractivity contribution in [2.75, 3.05) is 25.0 Å². The Kier molecular flexibility index (Phi) is 6.35. The molecule has 3 rings (SSSR count). The summed E-state index contributed by atoms with van der Waals surface area (Å²) in [4.78, 5) is 30.2. The highest BCUT2D eigenvalue weighted by Crippen LogP contribution is 2.40. The number of thiophene rings is 1. The van der Waals surface area contributed by atoms with Gasteiger partial charge in [-0.25, -0.2) is 9.78 Å². The highest BCUT2D eigenvalue weighted by atomic mass is 32.1. The minimum atomic E-state index is -4.58. The Hall–Kier alpha value is -2.56. The van der Waals surface area contributed by atoms with Gasteiger partial charge in [0.2, 0.25) is 0 Å². The Balaban J connectivity index is 1.82. The number of ether oxygens (including phenoxy) is 1. The van der Waals surface area contributed by atoms with E-state index in [4.69, 9.17) is 4.74 Å². The number of piperidine rings is 1. The number of alkyl carbamates (subject to hydrolysis) is 1. The maximum Gasteiger partial charge on any atom is 0.417 e. The zero-order chi connectivity index (χ0) is 23.0. The van der Waals surface area contributed by atoms with Crippen LogP contribution in [0.15, 0.2) is 11.4 Å². The van der Waals surface area contributed by atoms with E-state index >= 15 is 0 Å². The first-order valence-electron chi connectivity index (χ1n) is 9.84. The number of nitrogens with one attached hydrogen (secondary N) is 2. The van der Waals surface area contributed by atoms with Gasteiger partial charge in [0.05, 0.1) is 21.3 Å². The lowest BCUT2D eigenvalue weighted by atomic mass is 10.1. The number of aromatic nitrogens is 1. The second kappa shape index (κ2) is 8.52. The van der Waals surface area contributed by atoms with E-state index in [-0.39, 0.29) is 27.7 Å². The van der Waals surface area contributed by atoms with Crippen molar-refractivity contribution >= 4 is 39.4 Å². The fourth-order valence-electron chi connectivity index (χ4n) is 3.35. The van der Waals surface area contributed by atoms with Gasteiger partial charge >= 0.3 is 12.3 Å². The fraction of sp³-hybridized carbons (Fsp3) is 0.550. The molecule has 0 aromatic carbocycles. The third-order valence-corrected chi connectivity index (χ3v) is 5.81. The first-order valence-corrected chi connectivity index (χ1v) is 10.7. The third-order valence-electron chi connectivity index (χ3n) is 4.80. The molecule has 31 heavy (non-hydrogen) atoms. The van der Waals surface area contributed by atoms with E-state index in [9.17, 15) is 22.8 Å². The van der Waals surface area contributed by atoms with Crippen LogP contribution in [-0.4, -0.2) is 48.8 Å². The molecule has 0 spiro atoms. The van der Waals surface area contributed by atoms with Crippen LogP contribution in [0.1, 0.15) is 49.5 Å². The van der Waals surface area contributed by atoms with Crippen LogP contribution in [-0.2, 0) is 10.9 Å². The SMILES string of the molecule is CNC(=O)c1csc2c(C(F)(F)F)cc(N3CCC(OC(=O)NC(C)(C)C)CC3)nc12. The predicted molar refractivity (Wildman–Crippen MR) is 113 cm³/mol. The highest BCUT2D eigenvalue weighted by molar-refractivity contribution is 7.17. The van der Waals surface area contributed by atoms with Crippen molar-refractivity contribution < 1.29 is 27.5 Å².